The van der Waals surface area contributed by atoms with Crippen molar-refractivity contribution in [2.75, 3.05) is 7.11 Å². The molecule has 66 valence electrons. The first-order chi connectivity index (χ1) is 5.69. The third-order valence-corrected chi connectivity index (χ3v) is 2.38. The Morgan fingerprint density at radius 1 is 1.50 bits per heavy atom. The lowest BCUT2D eigenvalue weighted by atomic mass is 10.1. The van der Waals surface area contributed by atoms with Crippen molar-refractivity contribution in [3.63, 3.8) is 0 Å². The average molecular weight is 231 g/mol. The summed E-state index contributed by atoms with van der Waals surface area (Å²) in [6.07, 6.45) is 0. The van der Waals surface area contributed by atoms with Gasteiger partial charge < -0.3 is 9.84 Å². The quantitative estimate of drug-likeness (QED) is 0.845. The van der Waals surface area contributed by atoms with Crippen LogP contribution in [0.15, 0.2) is 16.6 Å². The molecule has 0 atom stereocenters. The molecule has 1 rings (SSSR count). The van der Waals surface area contributed by atoms with Crippen LogP contribution >= 0.6 is 15.9 Å². The highest BCUT2D eigenvalue weighted by Crippen LogP contribution is 2.28. The van der Waals surface area contributed by atoms with Crippen molar-refractivity contribution in [2.24, 2.45) is 0 Å². The van der Waals surface area contributed by atoms with Crippen molar-refractivity contribution in [1.29, 1.82) is 0 Å². The van der Waals surface area contributed by atoms with Crippen molar-refractivity contribution in [2.45, 2.75) is 13.5 Å². The lowest BCUT2D eigenvalue weighted by Gasteiger charge is -2.09. The molecule has 0 amide bonds. The Bertz CT molecular complexity index is 284. The minimum Gasteiger partial charge on any atom is -0.496 e. The van der Waals surface area contributed by atoms with E-state index in [2.05, 4.69) is 15.9 Å². The topological polar surface area (TPSA) is 29.5 Å². The first kappa shape index (κ1) is 9.55. The van der Waals surface area contributed by atoms with Gasteiger partial charge in [0.05, 0.1) is 13.7 Å². The summed E-state index contributed by atoms with van der Waals surface area (Å²) in [7, 11) is 1.60. The molecule has 0 aliphatic heterocycles. The van der Waals surface area contributed by atoms with Gasteiger partial charge in [-0.3, -0.25) is 0 Å². The molecule has 3 heteroatoms. The summed E-state index contributed by atoms with van der Waals surface area (Å²) < 4.78 is 6.00. The number of aliphatic hydroxyl groups excluding tert-OH is 1. The van der Waals surface area contributed by atoms with E-state index in [-0.39, 0.29) is 6.61 Å². The van der Waals surface area contributed by atoms with Crippen LogP contribution in [0.2, 0.25) is 0 Å². The predicted octanol–water partition coefficient (Wildman–Crippen LogP) is 2.26. The number of halogens is 1. The number of ether oxygens (including phenoxy) is 1. The van der Waals surface area contributed by atoms with Crippen molar-refractivity contribution in [3.8, 4) is 5.75 Å². The molecule has 0 aliphatic carbocycles. The second-order valence-electron chi connectivity index (χ2n) is 2.59. The van der Waals surface area contributed by atoms with Crippen LogP contribution in [0.5, 0.6) is 5.75 Å². The van der Waals surface area contributed by atoms with E-state index in [0.29, 0.717) is 0 Å². The van der Waals surface area contributed by atoms with Crippen molar-refractivity contribution in [1.82, 2.24) is 0 Å². The van der Waals surface area contributed by atoms with E-state index < -0.39 is 0 Å². The zero-order chi connectivity index (χ0) is 9.14. The summed E-state index contributed by atoms with van der Waals surface area (Å²) in [5, 5.41) is 9.01. The predicted molar refractivity (Wildman–Crippen MR) is 51.4 cm³/mol. The Labute approximate surface area is 80.3 Å². The van der Waals surface area contributed by atoms with E-state index >= 15 is 0 Å². The maximum atomic E-state index is 9.01. The van der Waals surface area contributed by atoms with Gasteiger partial charge in [-0.05, 0) is 24.6 Å². The summed E-state index contributed by atoms with van der Waals surface area (Å²) in [4.78, 5) is 0. The fourth-order valence-corrected chi connectivity index (χ4v) is 1.76. The third-order valence-electron chi connectivity index (χ3n) is 1.68. The molecular formula is C9H11BrO2. The smallest absolute Gasteiger partial charge is 0.125 e. The fraction of sp³-hybridized carbons (Fsp3) is 0.333. The van der Waals surface area contributed by atoms with Gasteiger partial charge in [0.15, 0.2) is 0 Å². The molecule has 1 N–H and O–H groups in total. The summed E-state index contributed by atoms with van der Waals surface area (Å²) in [6.45, 7) is 1.97. The number of hydrogen-bond donors (Lipinski definition) is 1. The van der Waals surface area contributed by atoms with Gasteiger partial charge in [0.1, 0.15) is 5.75 Å². The Hall–Kier alpha value is -0.540. The number of methoxy groups -OCH3 is 1. The largest absolute Gasteiger partial charge is 0.496 e. The van der Waals surface area contributed by atoms with Crippen LogP contribution in [-0.2, 0) is 6.61 Å². The SMILES string of the molecule is COc1cc(C)cc(Br)c1CO. The van der Waals surface area contributed by atoms with Crippen LogP contribution in [-0.4, -0.2) is 12.2 Å². The summed E-state index contributed by atoms with van der Waals surface area (Å²) in [5.41, 5.74) is 1.90. The maximum Gasteiger partial charge on any atom is 0.125 e. The molecule has 0 bridgehead atoms. The molecule has 0 aromatic heterocycles. The minimum absolute atomic E-state index is 0.00988. The van der Waals surface area contributed by atoms with Gasteiger partial charge in [-0.1, -0.05) is 15.9 Å². The van der Waals surface area contributed by atoms with Crippen LogP contribution < -0.4 is 4.74 Å². The second-order valence-corrected chi connectivity index (χ2v) is 3.44. The number of aliphatic hydroxyl groups is 1. The third kappa shape index (κ3) is 1.79. The molecule has 0 heterocycles. The maximum absolute atomic E-state index is 9.01. The lowest BCUT2D eigenvalue weighted by molar-refractivity contribution is 0.273. The highest BCUT2D eigenvalue weighted by atomic mass is 79.9. The van der Waals surface area contributed by atoms with Gasteiger partial charge in [0.2, 0.25) is 0 Å². The van der Waals surface area contributed by atoms with Crippen molar-refractivity contribution in [3.05, 3.63) is 27.7 Å². The first-order valence-corrected chi connectivity index (χ1v) is 4.42. The van der Waals surface area contributed by atoms with E-state index in [1.165, 1.54) is 0 Å². The van der Waals surface area contributed by atoms with Gasteiger partial charge >= 0.3 is 0 Å². The Kier molecular flexibility index (Phi) is 3.12. The molecule has 0 saturated carbocycles. The molecule has 0 fully saturated rings. The van der Waals surface area contributed by atoms with Crippen LogP contribution in [0.3, 0.4) is 0 Å². The molecule has 2 nitrogen and oxygen atoms in total. The normalized spacial score (nSPS) is 10.0. The summed E-state index contributed by atoms with van der Waals surface area (Å²) >= 11 is 3.36. The number of benzene rings is 1. The molecule has 0 saturated heterocycles. The minimum atomic E-state index is -0.00988. The first-order valence-electron chi connectivity index (χ1n) is 3.63. The van der Waals surface area contributed by atoms with E-state index in [9.17, 15) is 0 Å². The number of rotatable bonds is 2. The van der Waals surface area contributed by atoms with Gasteiger partial charge in [0, 0.05) is 10.0 Å². The van der Waals surface area contributed by atoms with Gasteiger partial charge in [0.25, 0.3) is 0 Å². The number of hydrogen-bond acceptors (Lipinski definition) is 2. The van der Waals surface area contributed by atoms with Gasteiger partial charge in [-0.25, -0.2) is 0 Å². The molecule has 12 heavy (non-hydrogen) atoms. The number of aryl methyl sites for hydroxylation is 1. The Morgan fingerprint density at radius 3 is 2.67 bits per heavy atom. The highest BCUT2D eigenvalue weighted by molar-refractivity contribution is 9.10. The zero-order valence-corrected chi connectivity index (χ0v) is 8.68. The van der Waals surface area contributed by atoms with Crippen LogP contribution in [0.1, 0.15) is 11.1 Å². The molecular weight excluding hydrogens is 220 g/mol. The monoisotopic (exact) mass is 230 g/mol. The lowest BCUT2D eigenvalue weighted by Crippen LogP contribution is -1.93. The summed E-state index contributed by atoms with van der Waals surface area (Å²) in [5.74, 6) is 0.726. The van der Waals surface area contributed by atoms with Crippen molar-refractivity contribution < 1.29 is 9.84 Å². The Balaban J connectivity index is 3.24. The Morgan fingerprint density at radius 2 is 2.17 bits per heavy atom. The standard InChI is InChI=1S/C9H11BrO2/c1-6-3-8(10)7(5-11)9(4-6)12-2/h3-4,11H,5H2,1-2H3. The van der Waals surface area contributed by atoms with Crippen LogP contribution in [0.25, 0.3) is 0 Å². The molecule has 0 aliphatic rings. The average Bonchev–Trinajstić information content (AvgIpc) is 2.03. The van der Waals surface area contributed by atoms with E-state index in [0.717, 1.165) is 21.3 Å². The molecule has 0 radical (unpaired) electrons. The van der Waals surface area contributed by atoms with E-state index in [1.54, 1.807) is 7.11 Å². The van der Waals surface area contributed by atoms with Crippen molar-refractivity contribution >= 4 is 15.9 Å². The molecule has 0 spiro atoms. The van der Waals surface area contributed by atoms with Crippen LogP contribution in [0, 0.1) is 6.92 Å². The molecule has 1 aromatic rings. The van der Waals surface area contributed by atoms with E-state index in [1.807, 2.05) is 19.1 Å². The summed E-state index contributed by atoms with van der Waals surface area (Å²) in [6, 6.07) is 3.85. The van der Waals surface area contributed by atoms with E-state index in [4.69, 9.17) is 9.84 Å². The highest BCUT2D eigenvalue weighted by Gasteiger charge is 2.06. The second kappa shape index (κ2) is 3.92. The molecule has 0 unspecified atom stereocenters. The zero-order valence-electron chi connectivity index (χ0n) is 7.10. The molecule has 1 aromatic carbocycles. The van der Waals surface area contributed by atoms with Gasteiger partial charge in [-0.2, -0.15) is 0 Å². The fourth-order valence-electron chi connectivity index (χ4n) is 1.08. The van der Waals surface area contributed by atoms with Gasteiger partial charge in [-0.15, -0.1) is 0 Å². The van der Waals surface area contributed by atoms with Crippen LogP contribution in [0.4, 0.5) is 0 Å².